The fourth-order valence-corrected chi connectivity index (χ4v) is 6.28. The second kappa shape index (κ2) is 10.9. The molecule has 0 bridgehead atoms. The summed E-state index contributed by atoms with van der Waals surface area (Å²) in [5.74, 6) is 2.02. The first-order valence-electron chi connectivity index (χ1n) is 13.4. The molecule has 0 spiro atoms. The maximum absolute atomic E-state index is 12.7. The van der Waals surface area contributed by atoms with Crippen LogP contribution in [-0.2, 0) is 0 Å². The van der Waals surface area contributed by atoms with Crippen molar-refractivity contribution in [3.63, 3.8) is 0 Å². The van der Waals surface area contributed by atoms with Crippen molar-refractivity contribution < 1.29 is 13.5 Å². The molecule has 2 N–H and O–H groups in total. The van der Waals surface area contributed by atoms with Crippen LogP contribution >= 0.6 is 0 Å². The van der Waals surface area contributed by atoms with Crippen molar-refractivity contribution in [1.82, 2.24) is 20.2 Å². The number of hydrogen-bond acceptors (Lipinski definition) is 4. The van der Waals surface area contributed by atoms with Crippen LogP contribution in [0.1, 0.15) is 63.0 Å². The lowest BCUT2D eigenvalue weighted by Gasteiger charge is -2.46. The maximum atomic E-state index is 12.7. The quantitative estimate of drug-likeness (QED) is 0.393. The molecule has 2 fully saturated rings. The van der Waals surface area contributed by atoms with Crippen molar-refractivity contribution in [2.24, 2.45) is 5.92 Å². The minimum absolute atomic E-state index is 0.136. The van der Waals surface area contributed by atoms with Crippen molar-refractivity contribution in [3.05, 3.63) is 47.5 Å². The highest BCUT2D eigenvalue weighted by Crippen LogP contribution is 2.38. The molecule has 2 saturated heterocycles. The maximum Gasteiger partial charge on any atom is 0.387 e. The summed E-state index contributed by atoms with van der Waals surface area (Å²) < 4.78 is 29.9. The zero-order chi connectivity index (χ0) is 25.2. The van der Waals surface area contributed by atoms with E-state index in [0.29, 0.717) is 29.7 Å². The van der Waals surface area contributed by atoms with E-state index >= 15 is 0 Å². The number of fused-ring (bicyclic) bond motifs is 1. The van der Waals surface area contributed by atoms with Gasteiger partial charge in [-0.2, -0.15) is 8.78 Å². The summed E-state index contributed by atoms with van der Waals surface area (Å²) >= 11 is 0. The van der Waals surface area contributed by atoms with E-state index in [1.54, 1.807) is 12.1 Å². The van der Waals surface area contributed by atoms with Gasteiger partial charge in [-0.1, -0.05) is 32.0 Å². The molecule has 0 saturated carbocycles. The molecule has 5 rings (SSSR count). The van der Waals surface area contributed by atoms with Gasteiger partial charge in [0.25, 0.3) is 0 Å². The van der Waals surface area contributed by atoms with Gasteiger partial charge in [0.1, 0.15) is 11.6 Å². The molecule has 0 aliphatic carbocycles. The SMILES string of the molecule is Cc1cc(C2CCN(C3CCNCC3)[C@H](CC(C)C)C2)cc2[nH]c(-c3cccc(OC(F)F)c3)nc12. The van der Waals surface area contributed by atoms with Gasteiger partial charge in [-0.05, 0) is 99.8 Å². The van der Waals surface area contributed by atoms with Gasteiger partial charge in [0.2, 0.25) is 0 Å². The van der Waals surface area contributed by atoms with E-state index in [9.17, 15) is 8.78 Å². The highest BCUT2D eigenvalue weighted by molar-refractivity contribution is 5.83. The van der Waals surface area contributed by atoms with Gasteiger partial charge in [0.05, 0.1) is 11.0 Å². The van der Waals surface area contributed by atoms with Gasteiger partial charge < -0.3 is 15.0 Å². The van der Waals surface area contributed by atoms with Crippen LogP contribution in [0.4, 0.5) is 8.78 Å². The molecule has 2 aliphatic heterocycles. The first-order valence-corrected chi connectivity index (χ1v) is 13.4. The third-order valence-corrected chi connectivity index (χ3v) is 7.89. The van der Waals surface area contributed by atoms with E-state index in [1.165, 1.54) is 43.7 Å². The number of aryl methyl sites for hydroxylation is 1. The topological polar surface area (TPSA) is 53.2 Å². The largest absolute Gasteiger partial charge is 0.435 e. The average Bonchev–Trinajstić information content (AvgIpc) is 3.29. The smallest absolute Gasteiger partial charge is 0.387 e. The molecule has 1 unspecified atom stereocenters. The zero-order valence-corrected chi connectivity index (χ0v) is 21.6. The summed E-state index contributed by atoms with van der Waals surface area (Å²) in [6, 6.07) is 12.6. The van der Waals surface area contributed by atoms with Gasteiger partial charge >= 0.3 is 6.61 Å². The second-order valence-corrected chi connectivity index (χ2v) is 10.9. The summed E-state index contributed by atoms with van der Waals surface area (Å²) in [5.41, 5.74) is 5.19. The summed E-state index contributed by atoms with van der Waals surface area (Å²) in [6.45, 7) is 7.38. The molecule has 2 aromatic carbocycles. The van der Waals surface area contributed by atoms with E-state index in [2.05, 4.69) is 52.8 Å². The van der Waals surface area contributed by atoms with Gasteiger partial charge in [-0.25, -0.2) is 4.98 Å². The number of aromatic amines is 1. The number of nitrogens with one attached hydrogen (secondary N) is 2. The Kier molecular flexibility index (Phi) is 7.58. The fourth-order valence-electron chi connectivity index (χ4n) is 6.28. The third kappa shape index (κ3) is 5.57. The number of imidazole rings is 1. The van der Waals surface area contributed by atoms with Crippen LogP contribution in [0.15, 0.2) is 36.4 Å². The predicted molar refractivity (Wildman–Crippen MR) is 141 cm³/mol. The van der Waals surface area contributed by atoms with Crippen molar-refractivity contribution >= 4 is 11.0 Å². The molecule has 7 heteroatoms. The van der Waals surface area contributed by atoms with Crippen molar-refractivity contribution in [2.45, 2.75) is 77.5 Å². The molecular weight excluding hydrogens is 458 g/mol. The van der Waals surface area contributed by atoms with Crippen LogP contribution in [-0.4, -0.2) is 53.2 Å². The highest BCUT2D eigenvalue weighted by atomic mass is 19.3. The van der Waals surface area contributed by atoms with Crippen LogP contribution in [0.5, 0.6) is 5.75 Å². The molecular formula is C29H38F2N4O. The number of hydrogen-bond donors (Lipinski definition) is 2. The first kappa shape index (κ1) is 25.2. The number of aromatic nitrogens is 2. The Morgan fingerprint density at radius 2 is 1.92 bits per heavy atom. The number of piperidine rings is 2. The number of nitrogens with zero attached hydrogens (tertiary/aromatic N) is 2. The monoisotopic (exact) mass is 496 g/mol. The lowest BCUT2D eigenvalue weighted by atomic mass is 9.80. The minimum Gasteiger partial charge on any atom is -0.435 e. The van der Waals surface area contributed by atoms with Crippen LogP contribution in [0.25, 0.3) is 22.4 Å². The van der Waals surface area contributed by atoms with Gasteiger partial charge in [-0.15, -0.1) is 0 Å². The van der Waals surface area contributed by atoms with E-state index in [0.717, 1.165) is 41.8 Å². The first-order chi connectivity index (χ1) is 17.4. The molecule has 3 heterocycles. The normalized spacial score (nSPS) is 22.1. The number of benzene rings is 2. The Labute approximate surface area is 212 Å². The number of likely N-dealkylation sites (tertiary alicyclic amines) is 1. The molecule has 0 radical (unpaired) electrons. The van der Waals surface area contributed by atoms with Crippen molar-refractivity contribution in [3.8, 4) is 17.1 Å². The number of ether oxygens (including phenoxy) is 1. The lowest BCUT2D eigenvalue weighted by Crippen LogP contribution is -2.51. The summed E-state index contributed by atoms with van der Waals surface area (Å²) in [6.07, 6.45) is 6.13. The number of alkyl halides is 2. The van der Waals surface area contributed by atoms with E-state index in [-0.39, 0.29) is 5.75 Å². The lowest BCUT2D eigenvalue weighted by molar-refractivity contribution is -0.0498. The summed E-state index contributed by atoms with van der Waals surface area (Å²) in [4.78, 5) is 11.1. The number of H-pyrrole nitrogens is 1. The molecule has 2 atom stereocenters. The van der Waals surface area contributed by atoms with E-state index in [1.807, 2.05) is 6.07 Å². The van der Waals surface area contributed by atoms with Crippen molar-refractivity contribution in [1.29, 1.82) is 0 Å². The van der Waals surface area contributed by atoms with Crippen LogP contribution in [0.3, 0.4) is 0 Å². The van der Waals surface area contributed by atoms with Crippen LogP contribution < -0.4 is 10.1 Å². The molecule has 36 heavy (non-hydrogen) atoms. The number of rotatable bonds is 7. The molecule has 194 valence electrons. The van der Waals surface area contributed by atoms with Gasteiger partial charge in [0.15, 0.2) is 0 Å². The van der Waals surface area contributed by atoms with Gasteiger partial charge in [0, 0.05) is 17.6 Å². The zero-order valence-electron chi connectivity index (χ0n) is 21.6. The van der Waals surface area contributed by atoms with Gasteiger partial charge in [-0.3, -0.25) is 4.90 Å². The highest BCUT2D eigenvalue weighted by Gasteiger charge is 2.34. The summed E-state index contributed by atoms with van der Waals surface area (Å²) in [7, 11) is 0. The predicted octanol–water partition coefficient (Wildman–Crippen LogP) is 6.49. The van der Waals surface area contributed by atoms with Crippen LogP contribution in [0, 0.1) is 12.8 Å². The van der Waals surface area contributed by atoms with E-state index < -0.39 is 6.61 Å². The minimum atomic E-state index is -2.85. The Hall–Kier alpha value is -2.51. The molecule has 3 aromatic rings. The molecule has 5 nitrogen and oxygen atoms in total. The Morgan fingerprint density at radius 3 is 2.67 bits per heavy atom. The van der Waals surface area contributed by atoms with Crippen molar-refractivity contribution in [2.75, 3.05) is 19.6 Å². The van der Waals surface area contributed by atoms with Crippen LogP contribution in [0.2, 0.25) is 0 Å². The number of halogens is 2. The van der Waals surface area contributed by atoms with E-state index in [4.69, 9.17) is 4.98 Å². The standard InChI is InChI=1S/C29H38F2N4O/c1-18(2)13-24-15-20(9-12-35(24)23-7-10-32-11-8-23)22-14-19(3)27-26(17-22)33-28(34-27)21-5-4-6-25(16-21)36-29(30)31/h4-6,14,16-18,20,23-24,29,32H,7-13,15H2,1-3H3,(H,33,34)/t20?,24-/m1/s1. The Bertz CT molecular complexity index is 1170. The Morgan fingerprint density at radius 1 is 1.11 bits per heavy atom. The Balaban J connectivity index is 1.39. The fraction of sp³-hybridized carbons (Fsp3) is 0.552. The third-order valence-electron chi connectivity index (χ3n) is 7.89. The molecule has 0 amide bonds. The molecule has 2 aliphatic rings. The molecule has 1 aromatic heterocycles. The summed E-state index contributed by atoms with van der Waals surface area (Å²) in [5, 5.41) is 3.52. The average molecular weight is 497 g/mol. The second-order valence-electron chi connectivity index (χ2n) is 10.9.